The Labute approximate surface area is 185 Å². The number of amides is 1. The van der Waals surface area contributed by atoms with Crippen LogP contribution in [0.5, 0.6) is 5.75 Å². The SMILES string of the molecule is O=C1/C(=C/c2cc(I)c(O)c(I)c2)SC(=S)N1c1ccc([N+](=O)[O-])cc1. The van der Waals surface area contributed by atoms with Crippen molar-refractivity contribution in [2.45, 2.75) is 0 Å². The number of benzene rings is 2. The summed E-state index contributed by atoms with van der Waals surface area (Å²) >= 11 is 10.5. The quantitative estimate of drug-likeness (QED) is 0.175. The second-order valence-electron chi connectivity index (χ2n) is 5.12. The molecule has 6 nitrogen and oxygen atoms in total. The number of hydrogen-bond acceptors (Lipinski definition) is 6. The highest BCUT2D eigenvalue weighted by molar-refractivity contribution is 14.1. The predicted octanol–water partition coefficient (Wildman–Crippen LogP) is 4.92. The zero-order chi connectivity index (χ0) is 19.0. The topological polar surface area (TPSA) is 83.7 Å². The number of phenolic OH excluding ortho intramolecular Hbond substituents is 1. The van der Waals surface area contributed by atoms with E-state index in [0.29, 0.717) is 22.1 Å². The first-order valence-corrected chi connectivity index (χ1v) is 10.4. The number of hydrogen-bond donors (Lipinski definition) is 1. The van der Waals surface area contributed by atoms with Crippen molar-refractivity contribution >= 4 is 96.8 Å². The summed E-state index contributed by atoms with van der Waals surface area (Å²) in [6.07, 6.45) is 1.72. The van der Waals surface area contributed by atoms with Crippen LogP contribution >= 0.6 is 69.2 Å². The standard InChI is InChI=1S/C16H8I2N2O4S2/c17-11-5-8(6-12(18)14(11)21)7-13-15(22)19(16(25)26-13)9-1-3-10(4-2-9)20(23)24/h1-7,21H/b13-7-. The molecule has 1 fully saturated rings. The van der Waals surface area contributed by atoms with Gasteiger partial charge in [0.05, 0.1) is 22.7 Å². The molecule has 1 amide bonds. The molecular weight excluding hydrogens is 602 g/mol. The monoisotopic (exact) mass is 610 g/mol. The highest BCUT2D eigenvalue weighted by atomic mass is 127. The molecule has 0 aromatic heterocycles. The lowest BCUT2D eigenvalue weighted by atomic mass is 10.2. The lowest BCUT2D eigenvalue weighted by Crippen LogP contribution is -2.27. The van der Waals surface area contributed by atoms with Crippen LogP contribution in [0.3, 0.4) is 0 Å². The van der Waals surface area contributed by atoms with E-state index in [2.05, 4.69) is 0 Å². The van der Waals surface area contributed by atoms with Crippen molar-refractivity contribution < 1.29 is 14.8 Å². The van der Waals surface area contributed by atoms with E-state index in [-0.39, 0.29) is 17.3 Å². The lowest BCUT2D eigenvalue weighted by Gasteiger charge is -2.13. The van der Waals surface area contributed by atoms with Crippen LogP contribution in [0, 0.1) is 17.3 Å². The van der Waals surface area contributed by atoms with Crippen LogP contribution in [0.15, 0.2) is 41.3 Å². The normalized spacial score (nSPS) is 15.8. The number of carbonyl (C=O) groups is 1. The number of phenols is 1. The molecule has 1 aliphatic heterocycles. The second kappa shape index (κ2) is 7.78. The number of nitrogens with zero attached hydrogens (tertiary/aromatic N) is 2. The number of aromatic hydroxyl groups is 1. The molecule has 0 atom stereocenters. The molecule has 0 unspecified atom stereocenters. The van der Waals surface area contributed by atoms with E-state index in [0.717, 1.165) is 5.56 Å². The van der Waals surface area contributed by atoms with Gasteiger partial charge in [0.15, 0.2) is 4.32 Å². The van der Waals surface area contributed by atoms with E-state index in [1.807, 2.05) is 45.2 Å². The Bertz CT molecular complexity index is 954. The van der Waals surface area contributed by atoms with Crippen LogP contribution in [0.25, 0.3) is 6.08 Å². The number of thiocarbonyl (C=S) groups is 1. The Morgan fingerprint density at radius 1 is 1.19 bits per heavy atom. The van der Waals surface area contributed by atoms with Crippen molar-refractivity contribution in [3.05, 3.63) is 64.1 Å². The molecule has 2 aromatic carbocycles. The summed E-state index contributed by atoms with van der Waals surface area (Å²) in [5.41, 5.74) is 1.21. The number of rotatable bonds is 3. The van der Waals surface area contributed by atoms with Gasteiger partial charge in [-0.1, -0.05) is 24.0 Å². The molecule has 1 N–H and O–H groups in total. The van der Waals surface area contributed by atoms with E-state index in [1.165, 1.54) is 40.9 Å². The summed E-state index contributed by atoms with van der Waals surface area (Å²) in [4.78, 5) is 24.8. The van der Waals surface area contributed by atoms with Gasteiger partial charge in [0, 0.05) is 12.1 Å². The fourth-order valence-corrected chi connectivity index (χ4v) is 5.35. The Hall–Kier alpha value is -1.25. The zero-order valence-electron chi connectivity index (χ0n) is 12.7. The minimum absolute atomic E-state index is 0.0528. The third-order valence-electron chi connectivity index (χ3n) is 3.45. The van der Waals surface area contributed by atoms with Crippen LogP contribution in [-0.2, 0) is 4.79 Å². The van der Waals surface area contributed by atoms with Crippen LogP contribution in [0.1, 0.15) is 5.56 Å². The second-order valence-corrected chi connectivity index (χ2v) is 9.12. The van der Waals surface area contributed by atoms with Gasteiger partial charge >= 0.3 is 0 Å². The molecule has 0 spiro atoms. The average molecular weight is 610 g/mol. The van der Waals surface area contributed by atoms with E-state index in [1.54, 1.807) is 18.2 Å². The molecule has 132 valence electrons. The fourth-order valence-electron chi connectivity index (χ4n) is 2.23. The van der Waals surface area contributed by atoms with Crippen LogP contribution < -0.4 is 4.90 Å². The maximum atomic E-state index is 12.7. The summed E-state index contributed by atoms with van der Waals surface area (Å²) in [6, 6.07) is 9.22. The molecule has 0 radical (unpaired) electrons. The number of halogens is 2. The van der Waals surface area contributed by atoms with Gasteiger partial charge in [0.2, 0.25) is 0 Å². The van der Waals surface area contributed by atoms with Crippen LogP contribution in [0.4, 0.5) is 11.4 Å². The summed E-state index contributed by atoms with van der Waals surface area (Å²) in [5, 5.41) is 20.6. The molecule has 3 rings (SSSR count). The van der Waals surface area contributed by atoms with Crippen molar-refractivity contribution in [3.8, 4) is 5.75 Å². The predicted molar refractivity (Wildman–Crippen MR) is 122 cm³/mol. The van der Waals surface area contributed by atoms with E-state index in [9.17, 15) is 20.0 Å². The van der Waals surface area contributed by atoms with Crippen molar-refractivity contribution in [2.75, 3.05) is 4.90 Å². The van der Waals surface area contributed by atoms with Gasteiger partial charge in [-0.25, -0.2) is 0 Å². The maximum Gasteiger partial charge on any atom is 0.270 e. The van der Waals surface area contributed by atoms with Crippen LogP contribution in [0.2, 0.25) is 0 Å². The van der Waals surface area contributed by atoms with E-state index < -0.39 is 4.92 Å². The molecule has 1 heterocycles. The molecule has 0 saturated carbocycles. The number of thioether (sulfide) groups is 1. The van der Waals surface area contributed by atoms with Gasteiger partial charge < -0.3 is 5.11 Å². The minimum atomic E-state index is -0.498. The van der Waals surface area contributed by atoms with Crippen molar-refractivity contribution in [1.29, 1.82) is 0 Å². The summed E-state index contributed by atoms with van der Waals surface area (Å²) < 4.78 is 1.73. The van der Waals surface area contributed by atoms with Crippen molar-refractivity contribution in [3.63, 3.8) is 0 Å². The molecule has 1 saturated heterocycles. The first kappa shape index (κ1) is 19.5. The van der Waals surface area contributed by atoms with Gasteiger partial charge in [-0.15, -0.1) is 0 Å². The average Bonchev–Trinajstić information content (AvgIpc) is 2.86. The number of carbonyl (C=O) groups excluding carboxylic acids is 1. The molecule has 26 heavy (non-hydrogen) atoms. The third-order valence-corrected chi connectivity index (χ3v) is 6.40. The number of nitro benzene ring substituents is 1. The van der Waals surface area contributed by atoms with Crippen LogP contribution in [-0.4, -0.2) is 20.3 Å². The zero-order valence-corrected chi connectivity index (χ0v) is 18.6. The highest BCUT2D eigenvalue weighted by Crippen LogP contribution is 2.37. The Morgan fingerprint density at radius 3 is 2.31 bits per heavy atom. The van der Waals surface area contributed by atoms with Gasteiger partial charge in [0.25, 0.3) is 11.6 Å². The van der Waals surface area contributed by atoms with Gasteiger partial charge in [0.1, 0.15) is 5.75 Å². The van der Waals surface area contributed by atoms with Crippen molar-refractivity contribution in [2.24, 2.45) is 0 Å². The Morgan fingerprint density at radius 2 is 1.77 bits per heavy atom. The van der Waals surface area contributed by atoms with Gasteiger partial charge in [-0.05, 0) is 81.1 Å². The smallest absolute Gasteiger partial charge is 0.270 e. The van der Waals surface area contributed by atoms with Gasteiger partial charge in [-0.3, -0.25) is 19.8 Å². The first-order chi connectivity index (χ1) is 12.3. The molecular formula is C16H8I2N2O4S2. The van der Waals surface area contributed by atoms with E-state index >= 15 is 0 Å². The number of anilines is 1. The lowest BCUT2D eigenvalue weighted by molar-refractivity contribution is -0.384. The molecule has 2 aromatic rings. The van der Waals surface area contributed by atoms with Crippen molar-refractivity contribution in [1.82, 2.24) is 0 Å². The molecule has 0 aliphatic carbocycles. The highest BCUT2D eigenvalue weighted by Gasteiger charge is 2.33. The number of non-ortho nitro benzene ring substituents is 1. The molecule has 10 heteroatoms. The Balaban J connectivity index is 1.92. The summed E-state index contributed by atoms with van der Waals surface area (Å²) in [6.45, 7) is 0. The summed E-state index contributed by atoms with van der Waals surface area (Å²) in [5.74, 6) is -0.0753. The fraction of sp³-hybridized carbons (Fsp3) is 0. The minimum Gasteiger partial charge on any atom is -0.506 e. The number of nitro groups is 1. The van der Waals surface area contributed by atoms with E-state index in [4.69, 9.17) is 12.2 Å². The first-order valence-electron chi connectivity index (χ1n) is 6.98. The molecule has 0 bridgehead atoms. The third kappa shape index (κ3) is 3.87. The van der Waals surface area contributed by atoms with Gasteiger partial charge in [-0.2, -0.15) is 0 Å². The maximum absolute atomic E-state index is 12.7. The summed E-state index contributed by atoms with van der Waals surface area (Å²) in [7, 11) is 0. The molecule has 1 aliphatic rings. The largest absolute Gasteiger partial charge is 0.506 e. The Kier molecular flexibility index (Phi) is 5.84.